The predicted octanol–water partition coefficient (Wildman–Crippen LogP) is 3.12. The van der Waals surface area contributed by atoms with E-state index in [0.29, 0.717) is 5.56 Å². The van der Waals surface area contributed by atoms with Crippen LogP contribution in [0.2, 0.25) is 0 Å². The molecule has 1 aromatic carbocycles. The highest BCUT2D eigenvalue weighted by Gasteiger charge is 2.28. The van der Waals surface area contributed by atoms with Crippen LogP contribution in [0.5, 0.6) is 0 Å². The molecular weight excluding hydrogens is 207 g/mol. The third-order valence-corrected chi connectivity index (χ3v) is 3.22. The number of halogens is 1. The first-order valence-electron chi connectivity index (χ1n) is 5.61. The lowest BCUT2D eigenvalue weighted by molar-refractivity contribution is -0.136. The van der Waals surface area contributed by atoms with Crippen LogP contribution in [0.3, 0.4) is 0 Å². The summed E-state index contributed by atoms with van der Waals surface area (Å²) in [5.74, 6) is -0.686. The molecule has 0 spiro atoms. The summed E-state index contributed by atoms with van der Waals surface area (Å²) in [7, 11) is 0. The van der Waals surface area contributed by atoms with Gasteiger partial charge in [-0.3, -0.25) is 4.79 Å². The van der Waals surface area contributed by atoms with Crippen molar-refractivity contribution in [2.24, 2.45) is 5.92 Å². The summed E-state index contributed by atoms with van der Waals surface area (Å²) in [4.78, 5) is 10.5. The number of rotatable bonds is 4. The number of benzene rings is 1. The van der Waals surface area contributed by atoms with E-state index in [1.54, 1.807) is 24.3 Å². The molecule has 0 heterocycles. The van der Waals surface area contributed by atoms with Crippen LogP contribution in [-0.2, 0) is 11.2 Å². The Bertz CT molecular complexity index is 368. The van der Waals surface area contributed by atoms with Gasteiger partial charge in [0.25, 0.3) is 0 Å². The number of carboxylic acids is 1. The molecule has 2 rings (SSSR count). The minimum atomic E-state index is -0.882. The maximum absolute atomic E-state index is 13.9. The lowest BCUT2D eigenvalue weighted by Crippen LogP contribution is -2.17. The Kier molecular flexibility index (Phi) is 3.22. The Balaban J connectivity index is 2.03. The van der Waals surface area contributed by atoms with Gasteiger partial charge in [0.15, 0.2) is 0 Å². The van der Waals surface area contributed by atoms with Gasteiger partial charge in [0, 0.05) is 0 Å². The normalized spacial score (nSPS) is 17.8. The van der Waals surface area contributed by atoms with E-state index in [9.17, 15) is 9.18 Å². The summed E-state index contributed by atoms with van der Waals surface area (Å²) in [6, 6.07) is 6.83. The third kappa shape index (κ3) is 2.40. The standard InChI is InChI=1S/C13H15FO2/c14-13(10-2-1-3-10)11-6-4-9(5-7-11)8-12(15)16/h4-7,10,13H,1-3,8H2,(H,15,16). The Morgan fingerprint density at radius 1 is 1.38 bits per heavy atom. The monoisotopic (exact) mass is 222 g/mol. The molecule has 0 aliphatic heterocycles. The van der Waals surface area contributed by atoms with E-state index in [2.05, 4.69) is 0 Å². The molecule has 1 aromatic rings. The number of hydrogen-bond donors (Lipinski definition) is 1. The summed E-state index contributed by atoms with van der Waals surface area (Å²) < 4.78 is 13.9. The van der Waals surface area contributed by atoms with Gasteiger partial charge in [0.1, 0.15) is 6.17 Å². The van der Waals surface area contributed by atoms with Gasteiger partial charge in [-0.1, -0.05) is 30.7 Å². The Morgan fingerprint density at radius 2 is 2.00 bits per heavy atom. The van der Waals surface area contributed by atoms with Crippen molar-refractivity contribution in [1.82, 2.24) is 0 Å². The van der Waals surface area contributed by atoms with Gasteiger partial charge in [0.05, 0.1) is 6.42 Å². The highest BCUT2D eigenvalue weighted by Crippen LogP contribution is 2.40. The fraction of sp³-hybridized carbons (Fsp3) is 0.462. The summed E-state index contributed by atoms with van der Waals surface area (Å²) in [5.41, 5.74) is 1.40. The van der Waals surface area contributed by atoms with Gasteiger partial charge in [-0.15, -0.1) is 0 Å². The van der Waals surface area contributed by atoms with Crippen molar-refractivity contribution in [2.75, 3.05) is 0 Å². The van der Waals surface area contributed by atoms with E-state index in [1.807, 2.05) is 0 Å². The van der Waals surface area contributed by atoms with Gasteiger partial charge < -0.3 is 5.11 Å². The van der Waals surface area contributed by atoms with Crippen LogP contribution >= 0.6 is 0 Å². The van der Waals surface area contributed by atoms with Crippen LogP contribution < -0.4 is 0 Å². The molecule has 0 aromatic heterocycles. The molecule has 2 nitrogen and oxygen atoms in total. The van der Waals surface area contributed by atoms with Crippen molar-refractivity contribution < 1.29 is 14.3 Å². The molecule has 0 amide bonds. The largest absolute Gasteiger partial charge is 0.481 e. The summed E-state index contributed by atoms with van der Waals surface area (Å²) in [6.07, 6.45) is 2.19. The smallest absolute Gasteiger partial charge is 0.307 e. The summed E-state index contributed by atoms with van der Waals surface area (Å²) >= 11 is 0. The molecule has 1 unspecified atom stereocenters. The average molecular weight is 222 g/mol. The SMILES string of the molecule is O=C(O)Cc1ccc(C(F)C2CCC2)cc1. The quantitative estimate of drug-likeness (QED) is 0.849. The number of aliphatic carboxylic acids is 1. The molecule has 1 atom stereocenters. The van der Waals surface area contributed by atoms with E-state index in [0.717, 1.165) is 24.8 Å². The van der Waals surface area contributed by atoms with E-state index in [-0.39, 0.29) is 12.3 Å². The van der Waals surface area contributed by atoms with Crippen molar-refractivity contribution in [2.45, 2.75) is 31.9 Å². The van der Waals surface area contributed by atoms with E-state index in [1.165, 1.54) is 0 Å². The zero-order valence-corrected chi connectivity index (χ0v) is 9.03. The van der Waals surface area contributed by atoms with Crippen LogP contribution in [0.25, 0.3) is 0 Å². The van der Waals surface area contributed by atoms with Crippen LogP contribution in [0.1, 0.15) is 36.6 Å². The van der Waals surface area contributed by atoms with Gasteiger partial charge in [0.2, 0.25) is 0 Å². The molecule has 3 heteroatoms. The fourth-order valence-corrected chi connectivity index (χ4v) is 2.00. The third-order valence-electron chi connectivity index (χ3n) is 3.22. The van der Waals surface area contributed by atoms with Crippen molar-refractivity contribution in [3.63, 3.8) is 0 Å². The second kappa shape index (κ2) is 4.64. The molecule has 1 fully saturated rings. The van der Waals surface area contributed by atoms with Gasteiger partial charge >= 0.3 is 5.97 Å². The fourth-order valence-electron chi connectivity index (χ4n) is 2.00. The van der Waals surface area contributed by atoms with Crippen molar-refractivity contribution in [1.29, 1.82) is 0 Å². The topological polar surface area (TPSA) is 37.3 Å². The summed E-state index contributed by atoms with van der Waals surface area (Å²) in [6.45, 7) is 0. The minimum Gasteiger partial charge on any atom is -0.481 e. The second-order valence-corrected chi connectivity index (χ2v) is 4.40. The van der Waals surface area contributed by atoms with Crippen molar-refractivity contribution in [3.05, 3.63) is 35.4 Å². The first-order chi connectivity index (χ1) is 7.66. The lowest BCUT2D eigenvalue weighted by atomic mass is 9.79. The van der Waals surface area contributed by atoms with E-state index < -0.39 is 12.1 Å². The molecule has 1 saturated carbocycles. The highest BCUT2D eigenvalue weighted by molar-refractivity contribution is 5.70. The van der Waals surface area contributed by atoms with Crippen LogP contribution in [0.15, 0.2) is 24.3 Å². The molecule has 1 aliphatic carbocycles. The Labute approximate surface area is 94.1 Å². The zero-order chi connectivity index (χ0) is 11.5. The molecular formula is C13H15FO2. The Morgan fingerprint density at radius 3 is 2.44 bits per heavy atom. The number of carboxylic acid groups (broad SMARTS) is 1. The van der Waals surface area contributed by atoms with Gasteiger partial charge in [-0.05, 0) is 29.9 Å². The molecule has 16 heavy (non-hydrogen) atoms. The average Bonchev–Trinajstić information content (AvgIpc) is 2.15. The molecule has 0 saturated heterocycles. The second-order valence-electron chi connectivity index (χ2n) is 4.40. The number of hydrogen-bond acceptors (Lipinski definition) is 1. The Hall–Kier alpha value is -1.38. The van der Waals surface area contributed by atoms with Crippen molar-refractivity contribution >= 4 is 5.97 Å². The summed E-state index contributed by atoms with van der Waals surface area (Å²) in [5, 5.41) is 8.61. The van der Waals surface area contributed by atoms with E-state index >= 15 is 0 Å². The first kappa shape index (κ1) is 11.1. The van der Waals surface area contributed by atoms with Crippen LogP contribution in [-0.4, -0.2) is 11.1 Å². The maximum atomic E-state index is 13.9. The predicted molar refractivity (Wildman–Crippen MR) is 59.0 cm³/mol. The molecule has 1 N–H and O–H groups in total. The lowest BCUT2D eigenvalue weighted by Gasteiger charge is -2.28. The molecule has 1 aliphatic rings. The van der Waals surface area contributed by atoms with Crippen LogP contribution in [0, 0.1) is 5.92 Å². The van der Waals surface area contributed by atoms with Gasteiger partial charge in [-0.2, -0.15) is 0 Å². The molecule has 0 bridgehead atoms. The number of alkyl halides is 1. The molecule has 86 valence electrons. The highest BCUT2D eigenvalue weighted by atomic mass is 19.1. The van der Waals surface area contributed by atoms with Gasteiger partial charge in [-0.25, -0.2) is 4.39 Å². The first-order valence-corrected chi connectivity index (χ1v) is 5.61. The van der Waals surface area contributed by atoms with E-state index in [4.69, 9.17) is 5.11 Å². The van der Waals surface area contributed by atoms with Crippen molar-refractivity contribution in [3.8, 4) is 0 Å². The van der Waals surface area contributed by atoms with Crippen LogP contribution in [0.4, 0.5) is 4.39 Å². The number of carbonyl (C=O) groups is 1. The molecule has 0 radical (unpaired) electrons. The minimum absolute atomic E-state index is 0.000656. The maximum Gasteiger partial charge on any atom is 0.307 e. The zero-order valence-electron chi connectivity index (χ0n) is 9.03.